The number of nitrogens with zero attached hydrogens (tertiary/aromatic N) is 1. The van der Waals surface area contributed by atoms with Gasteiger partial charge in [-0.3, -0.25) is 4.90 Å². The van der Waals surface area contributed by atoms with Crippen molar-refractivity contribution in [1.29, 1.82) is 0 Å². The average molecular weight is 280 g/mol. The molecule has 1 aromatic carbocycles. The van der Waals surface area contributed by atoms with Crippen molar-refractivity contribution >= 4 is 0 Å². The summed E-state index contributed by atoms with van der Waals surface area (Å²) in [6.07, 6.45) is 2.62. The zero-order chi connectivity index (χ0) is 14.5. The van der Waals surface area contributed by atoms with Crippen LogP contribution in [0.15, 0.2) is 18.2 Å². The molecule has 0 aromatic heterocycles. The molecule has 1 aliphatic rings. The van der Waals surface area contributed by atoms with Gasteiger partial charge in [0.05, 0.1) is 6.61 Å². The van der Waals surface area contributed by atoms with Gasteiger partial charge in [0.25, 0.3) is 0 Å². The van der Waals surface area contributed by atoms with Gasteiger partial charge in [0.1, 0.15) is 5.82 Å². The number of aryl methyl sites for hydroxylation is 1. The summed E-state index contributed by atoms with van der Waals surface area (Å²) < 4.78 is 19.3. The van der Waals surface area contributed by atoms with E-state index in [0.717, 1.165) is 24.6 Å². The summed E-state index contributed by atoms with van der Waals surface area (Å²) >= 11 is 0. The molecule has 2 rings (SSSR count). The zero-order valence-electron chi connectivity index (χ0n) is 12.4. The summed E-state index contributed by atoms with van der Waals surface area (Å²) in [6, 6.07) is 5.39. The number of hydrogen-bond acceptors (Lipinski definition) is 3. The lowest BCUT2D eigenvalue weighted by atomic mass is 10.0. The van der Waals surface area contributed by atoms with E-state index in [0.29, 0.717) is 18.7 Å². The predicted octanol–water partition coefficient (Wildman–Crippen LogP) is 2.49. The lowest BCUT2D eigenvalue weighted by molar-refractivity contribution is 0.0922. The molecule has 0 bridgehead atoms. The fourth-order valence-corrected chi connectivity index (χ4v) is 2.29. The second-order valence-corrected chi connectivity index (χ2v) is 5.76. The van der Waals surface area contributed by atoms with E-state index in [1.54, 1.807) is 13.0 Å². The molecule has 0 spiro atoms. The normalized spacial score (nSPS) is 16.6. The van der Waals surface area contributed by atoms with Crippen molar-refractivity contribution in [3.63, 3.8) is 0 Å². The highest BCUT2D eigenvalue weighted by Crippen LogP contribution is 2.28. The number of halogens is 1. The van der Waals surface area contributed by atoms with E-state index in [1.165, 1.54) is 12.8 Å². The third-order valence-electron chi connectivity index (χ3n) is 3.97. The molecule has 0 heterocycles. The summed E-state index contributed by atoms with van der Waals surface area (Å²) in [4.78, 5) is 2.14. The zero-order valence-corrected chi connectivity index (χ0v) is 12.4. The summed E-state index contributed by atoms with van der Waals surface area (Å²) in [6.45, 7) is 4.63. The maximum Gasteiger partial charge on any atom is 0.126 e. The fourth-order valence-electron chi connectivity index (χ4n) is 2.29. The monoisotopic (exact) mass is 280 g/mol. The molecule has 1 aromatic rings. The van der Waals surface area contributed by atoms with Crippen LogP contribution in [0.5, 0.6) is 0 Å². The Bertz CT molecular complexity index is 434. The Kier molecular flexibility index (Phi) is 5.52. The molecule has 0 radical (unpaired) electrons. The van der Waals surface area contributed by atoms with Crippen LogP contribution in [0.4, 0.5) is 4.39 Å². The molecule has 1 fully saturated rings. The quantitative estimate of drug-likeness (QED) is 0.744. The molecule has 0 aliphatic heterocycles. The smallest absolute Gasteiger partial charge is 0.126 e. The highest BCUT2D eigenvalue weighted by molar-refractivity contribution is 5.26. The predicted molar refractivity (Wildman–Crippen MR) is 79.1 cm³/mol. The van der Waals surface area contributed by atoms with Gasteiger partial charge in [-0.2, -0.15) is 0 Å². The van der Waals surface area contributed by atoms with Crippen LogP contribution in [0, 0.1) is 18.7 Å². The minimum Gasteiger partial charge on any atom is -0.380 e. The number of nitrogens with two attached hydrogens (primary N) is 1. The molecule has 2 N–H and O–H groups in total. The van der Waals surface area contributed by atoms with Gasteiger partial charge < -0.3 is 10.5 Å². The second-order valence-electron chi connectivity index (χ2n) is 5.76. The van der Waals surface area contributed by atoms with Crippen LogP contribution in [0.2, 0.25) is 0 Å². The largest absolute Gasteiger partial charge is 0.380 e. The van der Waals surface area contributed by atoms with Gasteiger partial charge in [-0.25, -0.2) is 4.39 Å². The number of ether oxygens (including phenoxy) is 1. The van der Waals surface area contributed by atoms with E-state index in [1.807, 2.05) is 19.2 Å². The van der Waals surface area contributed by atoms with Crippen molar-refractivity contribution < 1.29 is 9.13 Å². The van der Waals surface area contributed by atoms with Crippen LogP contribution in [-0.4, -0.2) is 38.3 Å². The third kappa shape index (κ3) is 4.27. The molecule has 1 atom stereocenters. The molecular formula is C16H25FN2O. The molecule has 20 heavy (non-hydrogen) atoms. The molecule has 112 valence electrons. The molecule has 1 aliphatic carbocycles. The second kappa shape index (κ2) is 7.16. The first-order valence-corrected chi connectivity index (χ1v) is 7.36. The highest BCUT2D eigenvalue weighted by Gasteiger charge is 2.21. The van der Waals surface area contributed by atoms with Crippen molar-refractivity contribution in [3.05, 3.63) is 35.1 Å². The Morgan fingerprint density at radius 3 is 2.80 bits per heavy atom. The van der Waals surface area contributed by atoms with Crippen molar-refractivity contribution in [3.8, 4) is 0 Å². The van der Waals surface area contributed by atoms with Crippen molar-refractivity contribution in [2.75, 3.05) is 33.4 Å². The first kappa shape index (κ1) is 15.4. The van der Waals surface area contributed by atoms with Gasteiger partial charge in [-0.05, 0) is 49.9 Å². The summed E-state index contributed by atoms with van der Waals surface area (Å²) in [5.41, 5.74) is 7.45. The molecule has 4 heteroatoms. The van der Waals surface area contributed by atoms with Gasteiger partial charge >= 0.3 is 0 Å². The van der Waals surface area contributed by atoms with Gasteiger partial charge in [0.2, 0.25) is 0 Å². The van der Waals surface area contributed by atoms with Gasteiger partial charge in [-0.1, -0.05) is 12.1 Å². The molecular weight excluding hydrogens is 255 g/mol. The molecule has 1 saturated carbocycles. The first-order valence-electron chi connectivity index (χ1n) is 7.36. The number of benzene rings is 1. The lowest BCUT2D eigenvalue weighted by Gasteiger charge is -2.27. The van der Waals surface area contributed by atoms with Gasteiger partial charge in [0, 0.05) is 25.7 Å². The Morgan fingerprint density at radius 1 is 1.45 bits per heavy atom. The Balaban J connectivity index is 1.86. The van der Waals surface area contributed by atoms with Gasteiger partial charge in [0.15, 0.2) is 0 Å². The summed E-state index contributed by atoms with van der Waals surface area (Å²) in [7, 11) is 2.01. The third-order valence-corrected chi connectivity index (χ3v) is 3.97. The standard InChI is InChI=1S/C16H25FN2O/c1-12-3-6-14(9-15(12)17)16(10-18)19(2)7-8-20-11-13-4-5-13/h3,6,9,13,16H,4-5,7-8,10-11,18H2,1-2H3. The van der Waals surface area contributed by atoms with Crippen LogP contribution in [0.1, 0.15) is 30.0 Å². The van der Waals surface area contributed by atoms with E-state index in [2.05, 4.69) is 4.90 Å². The van der Waals surface area contributed by atoms with Gasteiger partial charge in [-0.15, -0.1) is 0 Å². The molecule has 0 amide bonds. The number of likely N-dealkylation sites (N-methyl/N-ethyl adjacent to an activating group) is 1. The number of rotatable bonds is 8. The first-order chi connectivity index (χ1) is 9.61. The van der Waals surface area contributed by atoms with E-state index in [4.69, 9.17) is 10.5 Å². The van der Waals surface area contributed by atoms with Crippen molar-refractivity contribution in [2.45, 2.75) is 25.8 Å². The maximum atomic E-state index is 13.7. The van der Waals surface area contributed by atoms with E-state index >= 15 is 0 Å². The van der Waals surface area contributed by atoms with E-state index in [-0.39, 0.29) is 11.9 Å². The van der Waals surface area contributed by atoms with Crippen LogP contribution >= 0.6 is 0 Å². The molecule has 1 unspecified atom stereocenters. The van der Waals surface area contributed by atoms with Crippen molar-refractivity contribution in [1.82, 2.24) is 4.90 Å². The average Bonchev–Trinajstić information content (AvgIpc) is 3.24. The summed E-state index contributed by atoms with van der Waals surface area (Å²) in [5.74, 6) is 0.621. The van der Waals surface area contributed by atoms with Crippen LogP contribution < -0.4 is 5.73 Å². The SMILES string of the molecule is Cc1ccc(C(CN)N(C)CCOCC2CC2)cc1F. The van der Waals surface area contributed by atoms with E-state index < -0.39 is 0 Å². The topological polar surface area (TPSA) is 38.5 Å². The Hall–Kier alpha value is -0.970. The van der Waals surface area contributed by atoms with Crippen LogP contribution in [0.25, 0.3) is 0 Å². The highest BCUT2D eigenvalue weighted by atomic mass is 19.1. The van der Waals surface area contributed by atoms with Crippen LogP contribution in [0.3, 0.4) is 0 Å². The fraction of sp³-hybridized carbons (Fsp3) is 0.625. The Morgan fingerprint density at radius 2 is 2.20 bits per heavy atom. The minimum atomic E-state index is -0.167. The lowest BCUT2D eigenvalue weighted by Crippen LogP contribution is -2.33. The summed E-state index contributed by atoms with van der Waals surface area (Å²) in [5, 5.41) is 0. The van der Waals surface area contributed by atoms with E-state index in [9.17, 15) is 4.39 Å². The Labute approximate surface area is 120 Å². The minimum absolute atomic E-state index is 0.0367. The maximum absolute atomic E-state index is 13.7. The molecule has 0 saturated heterocycles. The molecule has 3 nitrogen and oxygen atoms in total. The van der Waals surface area contributed by atoms with Crippen molar-refractivity contribution in [2.24, 2.45) is 11.7 Å². The van der Waals surface area contributed by atoms with Crippen LogP contribution in [-0.2, 0) is 4.74 Å². The number of hydrogen-bond donors (Lipinski definition) is 1.